The zero-order valence-electron chi connectivity index (χ0n) is 8.99. The predicted octanol–water partition coefficient (Wildman–Crippen LogP) is 3.25. The van der Waals surface area contributed by atoms with Crippen molar-refractivity contribution in [3.8, 4) is 0 Å². The van der Waals surface area contributed by atoms with Gasteiger partial charge in [-0.05, 0) is 23.3 Å². The molecule has 0 aliphatic heterocycles. The van der Waals surface area contributed by atoms with E-state index < -0.39 is 0 Å². The average Bonchev–Trinajstić information content (AvgIpc) is 2.76. The standard InChI is InChI=1S/C13H18O/c1-13(2)8-12(13)10-14-9-11-6-4-3-5-7-11/h3-7,12H,8-10H2,1-2H3. The van der Waals surface area contributed by atoms with Crippen LogP contribution in [0.4, 0.5) is 0 Å². The van der Waals surface area contributed by atoms with Crippen molar-refractivity contribution in [3.63, 3.8) is 0 Å². The van der Waals surface area contributed by atoms with Crippen LogP contribution in [0.1, 0.15) is 25.8 Å². The van der Waals surface area contributed by atoms with Crippen molar-refractivity contribution >= 4 is 0 Å². The fourth-order valence-electron chi connectivity index (χ4n) is 1.75. The highest BCUT2D eigenvalue weighted by Gasteiger charge is 2.45. The summed E-state index contributed by atoms with van der Waals surface area (Å²) in [6.45, 7) is 6.29. The zero-order chi connectivity index (χ0) is 10.0. The predicted molar refractivity (Wildman–Crippen MR) is 58.0 cm³/mol. The molecule has 0 amide bonds. The molecule has 1 heteroatoms. The molecule has 2 rings (SSSR count). The monoisotopic (exact) mass is 190 g/mol. The minimum absolute atomic E-state index is 0.538. The molecule has 1 fully saturated rings. The van der Waals surface area contributed by atoms with Gasteiger partial charge in [0.1, 0.15) is 0 Å². The van der Waals surface area contributed by atoms with E-state index in [0.29, 0.717) is 5.41 Å². The molecule has 1 aromatic carbocycles. The van der Waals surface area contributed by atoms with Crippen LogP contribution in [0.3, 0.4) is 0 Å². The Morgan fingerprint density at radius 1 is 1.29 bits per heavy atom. The van der Waals surface area contributed by atoms with Crippen LogP contribution in [0.25, 0.3) is 0 Å². The number of hydrogen-bond donors (Lipinski definition) is 0. The van der Waals surface area contributed by atoms with E-state index in [9.17, 15) is 0 Å². The Morgan fingerprint density at radius 3 is 2.50 bits per heavy atom. The maximum atomic E-state index is 5.68. The Bertz CT molecular complexity index is 289. The van der Waals surface area contributed by atoms with Gasteiger partial charge >= 0.3 is 0 Å². The molecular weight excluding hydrogens is 172 g/mol. The first kappa shape index (κ1) is 9.72. The molecule has 0 heterocycles. The van der Waals surface area contributed by atoms with E-state index in [2.05, 4.69) is 38.1 Å². The highest BCUT2D eigenvalue weighted by molar-refractivity contribution is 5.13. The van der Waals surface area contributed by atoms with E-state index in [1.54, 1.807) is 0 Å². The van der Waals surface area contributed by atoms with Crippen LogP contribution in [0.15, 0.2) is 30.3 Å². The summed E-state index contributed by atoms with van der Waals surface area (Å²) in [7, 11) is 0. The maximum absolute atomic E-state index is 5.68. The maximum Gasteiger partial charge on any atom is 0.0717 e. The molecule has 1 saturated carbocycles. The summed E-state index contributed by atoms with van der Waals surface area (Å²) >= 11 is 0. The molecular formula is C13H18O. The van der Waals surface area contributed by atoms with E-state index in [0.717, 1.165) is 19.1 Å². The molecule has 1 nitrogen and oxygen atoms in total. The number of benzene rings is 1. The summed E-state index contributed by atoms with van der Waals surface area (Å²) < 4.78 is 5.68. The summed E-state index contributed by atoms with van der Waals surface area (Å²) in [5, 5.41) is 0. The van der Waals surface area contributed by atoms with Crippen LogP contribution < -0.4 is 0 Å². The molecule has 0 N–H and O–H groups in total. The van der Waals surface area contributed by atoms with E-state index in [-0.39, 0.29) is 0 Å². The van der Waals surface area contributed by atoms with Gasteiger partial charge in [-0.25, -0.2) is 0 Å². The summed E-state index contributed by atoms with van der Waals surface area (Å²) in [5.74, 6) is 0.784. The average molecular weight is 190 g/mol. The third kappa shape index (κ3) is 2.36. The lowest BCUT2D eigenvalue weighted by Gasteiger charge is -2.05. The van der Waals surface area contributed by atoms with Crippen molar-refractivity contribution in [3.05, 3.63) is 35.9 Å². The lowest BCUT2D eigenvalue weighted by atomic mass is 10.1. The van der Waals surface area contributed by atoms with Crippen molar-refractivity contribution in [2.24, 2.45) is 11.3 Å². The molecule has 0 aromatic heterocycles. The van der Waals surface area contributed by atoms with E-state index >= 15 is 0 Å². The minimum Gasteiger partial charge on any atom is -0.376 e. The highest BCUT2D eigenvalue weighted by atomic mass is 16.5. The molecule has 76 valence electrons. The topological polar surface area (TPSA) is 9.23 Å². The van der Waals surface area contributed by atoms with Crippen molar-refractivity contribution in [2.75, 3.05) is 6.61 Å². The Hall–Kier alpha value is -0.820. The fraction of sp³-hybridized carbons (Fsp3) is 0.538. The van der Waals surface area contributed by atoms with Crippen LogP contribution in [0, 0.1) is 11.3 Å². The molecule has 0 bridgehead atoms. The first-order valence-corrected chi connectivity index (χ1v) is 5.30. The van der Waals surface area contributed by atoms with Gasteiger partial charge in [0.2, 0.25) is 0 Å². The summed E-state index contributed by atoms with van der Waals surface area (Å²) in [5.41, 5.74) is 1.81. The van der Waals surface area contributed by atoms with Crippen LogP contribution in [0.2, 0.25) is 0 Å². The van der Waals surface area contributed by atoms with Crippen LogP contribution in [-0.2, 0) is 11.3 Å². The third-order valence-electron chi connectivity index (χ3n) is 3.15. The Labute approximate surface area is 86.1 Å². The Balaban J connectivity index is 1.69. The van der Waals surface area contributed by atoms with Gasteiger partial charge in [-0.3, -0.25) is 0 Å². The first-order valence-electron chi connectivity index (χ1n) is 5.30. The highest BCUT2D eigenvalue weighted by Crippen LogP contribution is 2.51. The zero-order valence-corrected chi connectivity index (χ0v) is 8.99. The van der Waals surface area contributed by atoms with Gasteiger partial charge in [-0.15, -0.1) is 0 Å². The Kier molecular flexibility index (Phi) is 2.60. The molecule has 0 spiro atoms. The van der Waals surface area contributed by atoms with Gasteiger partial charge in [-0.2, -0.15) is 0 Å². The van der Waals surface area contributed by atoms with Crippen molar-refractivity contribution < 1.29 is 4.74 Å². The second-order valence-electron chi connectivity index (χ2n) is 4.89. The smallest absolute Gasteiger partial charge is 0.0717 e. The lowest BCUT2D eigenvalue weighted by molar-refractivity contribution is 0.103. The SMILES string of the molecule is CC1(C)CC1COCc1ccccc1. The van der Waals surface area contributed by atoms with Crippen molar-refractivity contribution in [1.29, 1.82) is 0 Å². The molecule has 1 atom stereocenters. The second-order valence-corrected chi connectivity index (χ2v) is 4.89. The van der Waals surface area contributed by atoms with Gasteiger partial charge in [-0.1, -0.05) is 44.2 Å². The molecule has 1 unspecified atom stereocenters. The first-order chi connectivity index (χ1) is 6.68. The van der Waals surface area contributed by atoms with Crippen molar-refractivity contribution in [1.82, 2.24) is 0 Å². The quantitative estimate of drug-likeness (QED) is 0.708. The molecule has 1 aromatic rings. The summed E-state index contributed by atoms with van der Waals surface area (Å²) in [6, 6.07) is 10.4. The van der Waals surface area contributed by atoms with E-state index in [1.807, 2.05) is 6.07 Å². The normalized spacial score (nSPS) is 23.4. The van der Waals surface area contributed by atoms with E-state index in [4.69, 9.17) is 4.74 Å². The van der Waals surface area contributed by atoms with Crippen LogP contribution in [-0.4, -0.2) is 6.61 Å². The third-order valence-corrected chi connectivity index (χ3v) is 3.15. The molecule has 1 aliphatic carbocycles. The molecule has 14 heavy (non-hydrogen) atoms. The van der Waals surface area contributed by atoms with Gasteiger partial charge in [0, 0.05) is 0 Å². The van der Waals surface area contributed by atoms with Crippen LogP contribution >= 0.6 is 0 Å². The second kappa shape index (κ2) is 3.74. The summed E-state index contributed by atoms with van der Waals surface area (Å²) in [6.07, 6.45) is 1.32. The minimum atomic E-state index is 0.538. The molecule has 0 radical (unpaired) electrons. The number of ether oxygens (including phenoxy) is 1. The summed E-state index contributed by atoms with van der Waals surface area (Å²) in [4.78, 5) is 0. The van der Waals surface area contributed by atoms with Gasteiger partial charge in [0.05, 0.1) is 13.2 Å². The molecule has 1 aliphatic rings. The van der Waals surface area contributed by atoms with Gasteiger partial charge in [0.25, 0.3) is 0 Å². The van der Waals surface area contributed by atoms with E-state index in [1.165, 1.54) is 12.0 Å². The van der Waals surface area contributed by atoms with Gasteiger partial charge < -0.3 is 4.74 Å². The largest absolute Gasteiger partial charge is 0.376 e. The number of rotatable bonds is 4. The number of hydrogen-bond acceptors (Lipinski definition) is 1. The molecule has 0 saturated heterocycles. The van der Waals surface area contributed by atoms with Crippen molar-refractivity contribution in [2.45, 2.75) is 26.9 Å². The van der Waals surface area contributed by atoms with Gasteiger partial charge in [0.15, 0.2) is 0 Å². The van der Waals surface area contributed by atoms with Crippen LogP contribution in [0.5, 0.6) is 0 Å². The fourth-order valence-corrected chi connectivity index (χ4v) is 1.75. The lowest BCUT2D eigenvalue weighted by Crippen LogP contribution is -2.01. The Morgan fingerprint density at radius 2 is 1.93 bits per heavy atom.